The standard InChI is InChI=1S/C17H17FO4/c1-3-22-10-11-5-4-6-14(16(11)17(19)20)13-8-7-12(18)9-15(13)21-2/h4-9H,3,10H2,1-2H3,(H,19,20). The zero-order valence-electron chi connectivity index (χ0n) is 12.4. The molecule has 0 saturated carbocycles. The molecule has 5 heteroatoms. The molecule has 0 bridgehead atoms. The van der Waals surface area contributed by atoms with Crippen LogP contribution in [-0.2, 0) is 11.3 Å². The lowest BCUT2D eigenvalue weighted by molar-refractivity contribution is 0.0689. The summed E-state index contributed by atoms with van der Waals surface area (Å²) < 4.78 is 23.8. The van der Waals surface area contributed by atoms with E-state index in [0.717, 1.165) is 0 Å². The topological polar surface area (TPSA) is 55.8 Å². The molecule has 2 rings (SSSR count). The Morgan fingerprint density at radius 3 is 2.64 bits per heavy atom. The SMILES string of the molecule is CCOCc1cccc(-c2ccc(F)cc2OC)c1C(=O)O. The van der Waals surface area contributed by atoms with Crippen LogP contribution >= 0.6 is 0 Å². The Bertz CT molecular complexity index is 682. The first-order valence-electron chi connectivity index (χ1n) is 6.85. The molecule has 0 spiro atoms. The molecule has 0 saturated heterocycles. The van der Waals surface area contributed by atoms with Gasteiger partial charge in [0.2, 0.25) is 0 Å². The van der Waals surface area contributed by atoms with Crippen LogP contribution in [0.2, 0.25) is 0 Å². The summed E-state index contributed by atoms with van der Waals surface area (Å²) in [4.78, 5) is 11.7. The summed E-state index contributed by atoms with van der Waals surface area (Å²) in [7, 11) is 1.42. The molecule has 0 radical (unpaired) electrons. The predicted molar refractivity (Wildman–Crippen MR) is 80.7 cm³/mol. The average Bonchev–Trinajstić information content (AvgIpc) is 2.52. The Morgan fingerprint density at radius 2 is 2.00 bits per heavy atom. The van der Waals surface area contributed by atoms with E-state index in [0.29, 0.717) is 23.3 Å². The van der Waals surface area contributed by atoms with Gasteiger partial charge in [-0.15, -0.1) is 0 Å². The number of rotatable bonds is 6. The minimum Gasteiger partial charge on any atom is -0.496 e. The van der Waals surface area contributed by atoms with E-state index >= 15 is 0 Å². The third kappa shape index (κ3) is 3.26. The van der Waals surface area contributed by atoms with Crippen molar-refractivity contribution in [1.29, 1.82) is 0 Å². The summed E-state index contributed by atoms with van der Waals surface area (Å²) in [6, 6.07) is 9.15. The number of methoxy groups -OCH3 is 1. The maximum absolute atomic E-state index is 13.3. The highest BCUT2D eigenvalue weighted by atomic mass is 19.1. The van der Waals surface area contributed by atoms with Crippen LogP contribution in [0.15, 0.2) is 36.4 Å². The molecular formula is C17H17FO4. The first-order valence-corrected chi connectivity index (χ1v) is 6.85. The Hall–Kier alpha value is -2.40. The van der Waals surface area contributed by atoms with E-state index in [1.807, 2.05) is 6.92 Å². The maximum atomic E-state index is 13.3. The third-order valence-electron chi connectivity index (χ3n) is 3.28. The lowest BCUT2D eigenvalue weighted by atomic mass is 9.95. The van der Waals surface area contributed by atoms with Gasteiger partial charge in [-0.05, 0) is 24.6 Å². The van der Waals surface area contributed by atoms with E-state index in [-0.39, 0.29) is 17.9 Å². The van der Waals surface area contributed by atoms with Gasteiger partial charge in [0.05, 0.1) is 19.3 Å². The van der Waals surface area contributed by atoms with Gasteiger partial charge in [0, 0.05) is 23.8 Å². The number of benzene rings is 2. The van der Waals surface area contributed by atoms with E-state index in [1.54, 1.807) is 18.2 Å². The smallest absolute Gasteiger partial charge is 0.336 e. The van der Waals surface area contributed by atoms with Gasteiger partial charge in [0.1, 0.15) is 11.6 Å². The van der Waals surface area contributed by atoms with Gasteiger partial charge in [-0.3, -0.25) is 0 Å². The number of hydrogen-bond donors (Lipinski definition) is 1. The summed E-state index contributed by atoms with van der Waals surface area (Å²) in [6.45, 7) is 2.53. The summed E-state index contributed by atoms with van der Waals surface area (Å²) in [5.74, 6) is -1.21. The van der Waals surface area contributed by atoms with Crippen LogP contribution in [-0.4, -0.2) is 24.8 Å². The molecule has 0 aliphatic heterocycles. The molecule has 4 nitrogen and oxygen atoms in total. The Morgan fingerprint density at radius 1 is 1.23 bits per heavy atom. The molecule has 0 aromatic heterocycles. The van der Waals surface area contributed by atoms with Crippen molar-refractivity contribution in [3.05, 3.63) is 53.3 Å². The van der Waals surface area contributed by atoms with Crippen molar-refractivity contribution in [2.45, 2.75) is 13.5 Å². The fraction of sp³-hybridized carbons (Fsp3) is 0.235. The van der Waals surface area contributed by atoms with Crippen LogP contribution in [0.5, 0.6) is 5.75 Å². The van der Waals surface area contributed by atoms with E-state index in [4.69, 9.17) is 9.47 Å². The summed E-state index contributed by atoms with van der Waals surface area (Å²) in [6.07, 6.45) is 0. The van der Waals surface area contributed by atoms with Crippen LogP contribution in [0.4, 0.5) is 4.39 Å². The first-order chi connectivity index (χ1) is 10.6. The van der Waals surface area contributed by atoms with E-state index in [2.05, 4.69) is 0 Å². The van der Waals surface area contributed by atoms with Crippen LogP contribution in [0.3, 0.4) is 0 Å². The van der Waals surface area contributed by atoms with Crippen molar-refractivity contribution < 1.29 is 23.8 Å². The summed E-state index contributed by atoms with van der Waals surface area (Å²) in [5, 5.41) is 9.55. The zero-order chi connectivity index (χ0) is 16.1. The van der Waals surface area contributed by atoms with Gasteiger partial charge in [-0.2, -0.15) is 0 Å². The molecule has 0 fully saturated rings. The molecule has 0 aliphatic rings. The van der Waals surface area contributed by atoms with Crippen LogP contribution in [0, 0.1) is 5.82 Å². The minimum atomic E-state index is -1.06. The summed E-state index contributed by atoms with van der Waals surface area (Å²) >= 11 is 0. The largest absolute Gasteiger partial charge is 0.496 e. The highest BCUT2D eigenvalue weighted by Gasteiger charge is 2.19. The highest BCUT2D eigenvalue weighted by Crippen LogP contribution is 2.34. The van der Waals surface area contributed by atoms with E-state index in [1.165, 1.54) is 25.3 Å². The number of ether oxygens (including phenoxy) is 2. The molecule has 2 aromatic carbocycles. The highest BCUT2D eigenvalue weighted by molar-refractivity contribution is 5.98. The number of halogens is 1. The quantitative estimate of drug-likeness (QED) is 0.883. The predicted octanol–water partition coefficient (Wildman–Crippen LogP) is 3.74. The van der Waals surface area contributed by atoms with Gasteiger partial charge in [0.15, 0.2) is 0 Å². The molecule has 0 amide bonds. The molecule has 22 heavy (non-hydrogen) atoms. The van der Waals surface area contributed by atoms with E-state index < -0.39 is 11.8 Å². The maximum Gasteiger partial charge on any atom is 0.336 e. The Balaban J connectivity index is 2.62. The Labute approximate surface area is 128 Å². The average molecular weight is 304 g/mol. The van der Waals surface area contributed by atoms with Crippen molar-refractivity contribution >= 4 is 5.97 Å². The van der Waals surface area contributed by atoms with Gasteiger partial charge < -0.3 is 14.6 Å². The molecule has 116 valence electrons. The van der Waals surface area contributed by atoms with Crippen molar-refractivity contribution in [2.75, 3.05) is 13.7 Å². The Kier molecular flexibility index (Phi) is 5.12. The normalized spacial score (nSPS) is 10.5. The number of carboxylic acids is 1. The fourth-order valence-corrected chi connectivity index (χ4v) is 2.30. The van der Waals surface area contributed by atoms with Gasteiger partial charge in [-0.1, -0.05) is 18.2 Å². The molecule has 2 aromatic rings. The second kappa shape index (κ2) is 7.04. The molecule has 0 aliphatic carbocycles. The monoisotopic (exact) mass is 304 g/mol. The molecule has 0 unspecified atom stereocenters. The molecule has 0 heterocycles. The van der Waals surface area contributed by atoms with Gasteiger partial charge in [-0.25, -0.2) is 9.18 Å². The number of carbonyl (C=O) groups is 1. The number of hydrogen-bond acceptors (Lipinski definition) is 3. The van der Waals surface area contributed by atoms with E-state index in [9.17, 15) is 14.3 Å². The minimum absolute atomic E-state index is 0.140. The molecular weight excluding hydrogens is 287 g/mol. The van der Waals surface area contributed by atoms with Crippen LogP contribution < -0.4 is 4.74 Å². The van der Waals surface area contributed by atoms with Crippen molar-refractivity contribution in [3.63, 3.8) is 0 Å². The fourth-order valence-electron chi connectivity index (χ4n) is 2.30. The van der Waals surface area contributed by atoms with Crippen molar-refractivity contribution in [2.24, 2.45) is 0 Å². The van der Waals surface area contributed by atoms with Crippen molar-refractivity contribution in [1.82, 2.24) is 0 Å². The van der Waals surface area contributed by atoms with Gasteiger partial charge in [0.25, 0.3) is 0 Å². The number of aromatic carboxylic acids is 1. The lowest BCUT2D eigenvalue weighted by Crippen LogP contribution is -2.07. The lowest BCUT2D eigenvalue weighted by Gasteiger charge is -2.14. The van der Waals surface area contributed by atoms with Gasteiger partial charge >= 0.3 is 5.97 Å². The van der Waals surface area contributed by atoms with Crippen molar-refractivity contribution in [3.8, 4) is 16.9 Å². The molecule has 0 atom stereocenters. The number of carboxylic acid groups (broad SMARTS) is 1. The third-order valence-corrected chi connectivity index (χ3v) is 3.28. The second-order valence-corrected chi connectivity index (χ2v) is 4.63. The summed E-state index contributed by atoms with van der Waals surface area (Å²) in [5.41, 5.74) is 1.71. The van der Waals surface area contributed by atoms with Crippen LogP contribution in [0.1, 0.15) is 22.8 Å². The first kappa shape index (κ1) is 16.0. The zero-order valence-corrected chi connectivity index (χ0v) is 12.4. The molecule has 1 N–H and O–H groups in total. The second-order valence-electron chi connectivity index (χ2n) is 4.63. The van der Waals surface area contributed by atoms with Crippen LogP contribution in [0.25, 0.3) is 11.1 Å².